The number of nitrogens with zero attached hydrogens (tertiary/aromatic N) is 1. The van der Waals surface area contributed by atoms with Crippen molar-refractivity contribution in [3.63, 3.8) is 0 Å². The molecule has 3 aromatic rings. The van der Waals surface area contributed by atoms with Gasteiger partial charge in [-0.05, 0) is 47.7 Å². The first-order valence-corrected chi connectivity index (χ1v) is 9.12. The summed E-state index contributed by atoms with van der Waals surface area (Å²) in [7, 11) is 1.58. The van der Waals surface area contributed by atoms with E-state index in [1.165, 1.54) is 28.4 Å². The van der Waals surface area contributed by atoms with Gasteiger partial charge in [0.15, 0.2) is 0 Å². The molecule has 0 unspecified atom stereocenters. The molecule has 134 valence electrons. The van der Waals surface area contributed by atoms with E-state index in [2.05, 4.69) is 5.32 Å². The van der Waals surface area contributed by atoms with Crippen molar-refractivity contribution in [2.24, 2.45) is 0 Å². The molecule has 0 saturated carbocycles. The number of hydrogen-bond donors (Lipinski definition) is 1. The fourth-order valence-electron chi connectivity index (χ4n) is 2.74. The van der Waals surface area contributed by atoms with E-state index in [1.807, 2.05) is 31.2 Å². The van der Waals surface area contributed by atoms with Gasteiger partial charge in [0.1, 0.15) is 5.82 Å². The van der Waals surface area contributed by atoms with Crippen molar-refractivity contribution >= 4 is 38.9 Å². The molecule has 0 saturated heterocycles. The van der Waals surface area contributed by atoms with Crippen molar-refractivity contribution in [3.8, 4) is 0 Å². The van der Waals surface area contributed by atoms with Gasteiger partial charge in [-0.25, -0.2) is 4.39 Å². The lowest BCUT2D eigenvalue weighted by Gasteiger charge is -2.16. The first-order valence-electron chi connectivity index (χ1n) is 8.30. The molecule has 26 heavy (non-hydrogen) atoms. The number of likely N-dealkylation sites (N-methyl/N-ethyl adjacent to an activating group) is 1. The molecular weight excluding hydrogens is 351 g/mol. The minimum atomic E-state index is -0.336. The quantitative estimate of drug-likeness (QED) is 0.727. The third-order valence-corrected chi connectivity index (χ3v) is 5.19. The van der Waals surface area contributed by atoms with Crippen LogP contribution in [0.2, 0.25) is 0 Å². The first kappa shape index (κ1) is 18.1. The molecule has 0 radical (unpaired) electrons. The summed E-state index contributed by atoms with van der Waals surface area (Å²) < 4.78 is 14.1. The van der Waals surface area contributed by atoms with Gasteiger partial charge >= 0.3 is 0 Å². The van der Waals surface area contributed by atoms with Crippen molar-refractivity contribution in [2.75, 3.05) is 18.9 Å². The zero-order valence-corrected chi connectivity index (χ0v) is 15.4. The Kier molecular flexibility index (Phi) is 5.32. The molecule has 0 bridgehead atoms. The van der Waals surface area contributed by atoms with Gasteiger partial charge in [0, 0.05) is 17.4 Å². The maximum Gasteiger partial charge on any atom is 0.264 e. The van der Waals surface area contributed by atoms with Gasteiger partial charge in [0.25, 0.3) is 5.91 Å². The number of anilines is 1. The monoisotopic (exact) mass is 370 g/mol. The fourth-order valence-corrected chi connectivity index (χ4v) is 3.77. The van der Waals surface area contributed by atoms with Crippen LogP contribution in [0.1, 0.15) is 22.2 Å². The molecule has 0 atom stereocenters. The average Bonchev–Trinajstić information content (AvgIpc) is 3.04. The number of aryl methyl sites for hydroxylation is 1. The lowest BCUT2D eigenvalue weighted by molar-refractivity contribution is -0.116. The predicted molar refractivity (Wildman–Crippen MR) is 103 cm³/mol. The average molecular weight is 370 g/mol. The van der Waals surface area contributed by atoms with Crippen LogP contribution in [-0.4, -0.2) is 30.3 Å². The lowest BCUT2D eigenvalue weighted by Crippen LogP contribution is -2.34. The standard InChI is InChI=1S/C20H19FN2O2S/c1-3-13-6-4-5-7-16(13)22-19(24)12-23(2)20(25)18-11-14-10-15(21)8-9-17(14)26-18/h4-11H,3,12H2,1-2H3,(H,22,24). The first-order chi connectivity index (χ1) is 12.5. The summed E-state index contributed by atoms with van der Waals surface area (Å²) in [6.07, 6.45) is 0.809. The molecule has 1 aromatic heterocycles. The number of amides is 2. The Morgan fingerprint density at radius 2 is 1.92 bits per heavy atom. The van der Waals surface area contributed by atoms with Gasteiger partial charge in [0.05, 0.1) is 11.4 Å². The van der Waals surface area contributed by atoms with Crippen LogP contribution in [0, 0.1) is 5.82 Å². The van der Waals surface area contributed by atoms with E-state index in [1.54, 1.807) is 19.2 Å². The molecule has 0 aliphatic carbocycles. The second-order valence-corrected chi connectivity index (χ2v) is 7.10. The molecule has 0 fully saturated rings. The molecule has 6 heteroatoms. The van der Waals surface area contributed by atoms with E-state index in [0.717, 1.165) is 22.4 Å². The molecule has 1 N–H and O–H groups in total. The van der Waals surface area contributed by atoms with Crippen molar-refractivity contribution in [1.29, 1.82) is 0 Å². The van der Waals surface area contributed by atoms with E-state index < -0.39 is 0 Å². The Morgan fingerprint density at radius 3 is 2.69 bits per heavy atom. The normalized spacial score (nSPS) is 10.7. The van der Waals surface area contributed by atoms with Crippen LogP contribution < -0.4 is 5.32 Å². The van der Waals surface area contributed by atoms with Crippen LogP contribution in [-0.2, 0) is 11.2 Å². The van der Waals surface area contributed by atoms with E-state index >= 15 is 0 Å². The van der Waals surface area contributed by atoms with Crippen molar-refractivity contribution in [3.05, 3.63) is 64.8 Å². The number of carbonyl (C=O) groups is 2. The predicted octanol–water partition coefficient (Wildman–Crippen LogP) is 4.31. The topological polar surface area (TPSA) is 49.4 Å². The third-order valence-electron chi connectivity index (χ3n) is 4.09. The van der Waals surface area contributed by atoms with E-state index in [-0.39, 0.29) is 24.2 Å². The Hall–Kier alpha value is -2.73. The smallest absolute Gasteiger partial charge is 0.264 e. The zero-order chi connectivity index (χ0) is 18.7. The summed E-state index contributed by atoms with van der Waals surface area (Å²) in [5.74, 6) is -0.851. The largest absolute Gasteiger partial charge is 0.332 e. The molecule has 3 rings (SSSR count). The van der Waals surface area contributed by atoms with Crippen LogP contribution >= 0.6 is 11.3 Å². The zero-order valence-electron chi connectivity index (χ0n) is 14.6. The fraction of sp³-hybridized carbons (Fsp3) is 0.200. The van der Waals surface area contributed by atoms with Crippen molar-refractivity contribution in [2.45, 2.75) is 13.3 Å². The molecule has 4 nitrogen and oxygen atoms in total. The number of carbonyl (C=O) groups excluding carboxylic acids is 2. The maximum absolute atomic E-state index is 13.3. The third kappa shape index (κ3) is 3.91. The minimum Gasteiger partial charge on any atom is -0.332 e. The Morgan fingerprint density at radius 1 is 1.15 bits per heavy atom. The summed E-state index contributed by atoms with van der Waals surface area (Å²) in [6.45, 7) is 1.96. The molecule has 2 amide bonds. The minimum absolute atomic E-state index is 0.0561. The highest BCUT2D eigenvalue weighted by Crippen LogP contribution is 2.27. The second kappa shape index (κ2) is 7.66. The molecule has 0 aliphatic heterocycles. The SMILES string of the molecule is CCc1ccccc1NC(=O)CN(C)C(=O)c1cc2cc(F)ccc2s1. The van der Waals surface area contributed by atoms with Gasteiger partial charge < -0.3 is 10.2 Å². The van der Waals surface area contributed by atoms with Crippen molar-refractivity contribution < 1.29 is 14.0 Å². The van der Waals surface area contributed by atoms with Crippen LogP contribution in [0.5, 0.6) is 0 Å². The number of halogens is 1. The van der Waals surface area contributed by atoms with Crippen LogP contribution in [0.3, 0.4) is 0 Å². The summed E-state index contributed by atoms with van der Waals surface area (Å²) in [6, 6.07) is 13.7. The van der Waals surface area contributed by atoms with E-state index in [0.29, 0.717) is 10.3 Å². The van der Waals surface area contributed by atoms with Gasteiger partial charge in [-0.15, -0.1) is 11.3 Å². The molecule has 0 aliphatic rings. The molecular formula is C20H19FN2O2S. The number of fused-ring (bicyclic) bond motifs is 1. The highest BCUT2D eigenvalue weighted by atomic mass is 32.1. The number of para-hydroxylation sites is 1. The summed E-state index contributed by atoms with van der Waals surface area (Å²) in [5.41, 5.74) is 1.81. The number of hydrogen-bond acceptors (Lipinski definition) is 3. The highest BCUT2D eigenvalue weighted by molar-refractivity contribution is 7.20. The molecule has 1 heterocycles. The number of rotatable bonds is 5. The Bertz CT molecular complexity index is 967. The Labute approximate surface area is 155 Å². The van der Waals surface area contributed by atoms with Gasteiger partial charge in [-0.1, -0.05) is 25.1 Å². The summed E-state index contributed by atoms with van der Waals surface area (Å²) in [4.78, 5) is 26.7. The number of benzene rings is 2. The lowest BCUT2D eigenvalue weighted by atomic mass is 10.1. The molecule has 0 spiro atoms. The molecule has 2 aromatic carbocycles. The summed E-state index contributed by atoms with van der Waals surface area (Å²) in [5, 5.41) is 3.54. The van der Waals surface area contributed by atoms with Gasteiger partial charge in [-0.3, -0.25) is 9.59 Å². The van der Waals surface area contributed by atoms with Crippen LogP contribution in [0.4, 0.5) is 10.1 Å². The van der Waals surface area contributed by atoms with Crippen molar-refractivity contribution in [1.82, 2.24) is 4.90 Å². The highest BCUT2D eigenvalue weighted by Gasteiger charge is 2.18. The second-order valence-electron chi connectivity index (χ2n) is 6.01. The van der Waals surface area contributed by atoms with Gasteiger partial charge in [-0.2, -0.15) is 0 Å². The van der Waals surface area contributed by atoms with E-state index in [4.69, 9.17) is 0 Å². The summed E-state index contributed by atoms with van der Waals surface area (Å²) >= 11 is 1.29. The Balaban J connectivity index is 1.69. The van der Waals surface area contributed by atoms with E-state index in [9.17, 15) is 14.0 Å². The number of thiophene rings is 1. The van der Waals surface area contributed by atoms with Crippen LogP contribution in [0.15, 0.2) is 48.5 Å². The number of nitrogens with one attached hydrogen (secondary N) is 1. The van der Waals surface area contributed by atoms with Gasteiger partial charge in [0.2, 0.25) is 5.91 Å². The van der Waals surface area contributed by atoms with Crippen LogP contribution in [0.25, 0.3) is 10.1 Å². The maximum atomic E-state index is 13.3.